The lowest BCUT2D eigenvalue weighted by molar-refractivity contribution is -0.137. The van der Waals surface area contributed by atoms with Crippen molar-refractivity contribution >= 4 is 17.4 Å². The number of hydrogen-bond donors (Lipinski definition) is 0. The molecule has 7 heteroatoms. The number of esters is 1. The number of benzene rings is 1. The van der Waals surface area contributed by atoms with Crippen LogP contribution in [-0.2, 0) is 19.8 Å². The highest BCUT2D eigenvalue weighted by Crippen LogP contribution is 2.55. The Kier molecular flexibility index (Phi) is 6.91. The zero-order valence-electron chi connectivity index (χ0n) is 21.6. The van der Waals surface area contributed by atoms with Gasteiger partial charge in [-0.25, -0.2) is 4.79 Å². The lowest BCUT2D eigenvalue weighted by Crippen LogP contribution is -2.66. The minimum atomic E-state index is -0.292. The van der Waals surface area contributed by atoms with E-state index in [1.807, 2.05) is 6.07 Å². The Hall–Kier alpha value is -2.38. The molecule has 4 heterocycles. The Morgan fingerprint density at radius 2 is 1.97 bits per heavy atom. The van der Waals surface area contributed by atoms with E-state index in [4.69, 9.17) is 19.2 Å². The summed E-state index contributed by atoms with van der Waals surface area (Å²) in [5, 5.41) is 0. The van der Waals surface area contributed by atoms with Crippen LogP contribution in [0.5, 0.6) is 5.75 Å². The molecular formula is C28H39N3O4. The summed E-state index contributed by atoms with van der Waals surface area (Å²) >= 11 is 0. The van der Waals surface area contributed by atoms with Crippen LogP contribution in [0.3, 0.4) is 0 Å². The van der Waals surface area contributed by atoms with Crippen molar-refractivity contribution < 1.29 is 19.0 Å². The predicted molar refractivity (Wildman–Crippen MR) is 136 cm³/mol. The molecular weight excluding hydrogens is 442 g/mol. The van der Waals surface area contributed by atoms with Gasteiger partial charge in [0.15, 0.2) is 0 Å². The van der Waals surface area contributed by atoms with Crippen LogP contribution in [0.25, 0.3) is 0 Å². The van der Waals surface area contributed by atoms with Crippen molar-refractivity contribution in [2.45, 2.75) is 57.0 Å². The van der Waals surface area contributed by atoms with Crippen molar-refractivity contribution in [3.8, 4) is 5.75 Å². The van der Waals surface area contributed by atoms with Crippen LogP contribution in [0.15, 0.2) is 35.0 Å². The highest BCUT2D eigenvalue weighted by molar-refractivity contribution is 6.06. The van der Waals surface area contributed by atoms with Crippen LogP contribution < -0.4 is 4.74 Å². The zero-order chi connectivity index (χ0) is 24.6. The highest BCUT2D eigenvalue weighted by atomic mass is 16.5. The second-order valence-electron chi connectivity index (χ2n) is 10.3. The van der Waals surface area contributed by atoms with Gasteiger partial charge in [-0.2, -0.15) is 0 Å². The smallest absolute Gasteiger partial charge is 0.337 e. The molecule has 35 heavy (non-hydrogen) atoms. The number of nitrogens with zero attached hydrogens (tertiary/aromatic N) is 3. The molecule has 4 aliphatic heterocycles. The van der Waals surface area contributed by atoms with Gasteiger partial charge < -0.3 is 14.2 Å². The van der Waals surface area contributed by atoms with Crippen molar-refractivity contribution in [3.63, 3.8) is 0 Å². The number of likely N-dealkylation sites (tertiary alicyclic amines) is 1. The first-order valence-corrected chi connectivity index (χ1v) is 13.2. The normalized spacial score (nSPS) is 31.1. The molecule has 3 fully saturated rings. The molecule has 1 aromatic rings. The molecule has 4 aliphatic rings. The van der Waals surface area contributed by atoms with E-state index in [9.17, 15) is 4.79 Å². The van der Waals surface area contributed by atoms with Crippen molar-refractivity contribution in [2.24, 2.45) is 16.8 Å². The van der Waals surface area contributed by atoms with Crippen LogP contribution in [0.2, 0.25) is 0 Å². The fourth-order valence-electron chi connectivity index (χ4n) is 7.21. The van der Waals surface area contributed by atoms with Crippen LogP contribution in [0.1, 0.15) is 51.0 Å². The molecule has 1 aromatic carbocycles. The number of carbonyl (C=O) groups excluding carboxylic acids is 1. The highest BCUT2D eigenvalue weighted by Gasteiger charge is 2.57. The van der Waals surface area contributed by atoms with Gasteiger partial charge in [-0.05, 0) is 62.7 Å². The van der Waals surface area contributed by atoms with E-state index in [1.165, 1.54) is 37.6 Å². The summed E-state index contributed by atoms with van der Waals surface area (Å²) in [4.78, 5) is 23.4. The number of methoxy groups -OCH3 is 3. The lowest BCUT2D eigenvalue weighted by atomic mass is 9.68. The molecule has 0 amide bonds. The molecule has 190 valence electrons. The van der Waals surface area contributed by atoms with E-state index < -0.39 is 0 Å². The maximum atomic E-state index is 12.8. The van der Waals surface area contributed by atoms with Crippen molar-refractivity contribution in [3.05, 3.63) is 35.6 Å². The van der Waals surface area contributed by atoms with Crippen LogP contribution in [0.4, 0.5) is 5.69 Å². The van der Waals surface area contributed by atoms with Gasteiger partial charge in [0.1, 0.15) is 5.75 Å². The molecule has 3 saturated heterocycles. The maximum absolute atomic E-state index is 12.8. The van der Waals surface area contributed by atoms with Crippen molar-refractivity contribution in [1.82, 2.24) is 9.80 Å². The van der Waals surface area contributed by atoms with Gasteiger partial charge in [-0.15, -0.1) is 0 Å². The van der Waals surface area contributed by atoms with Crippen molar-refractivity contribution in [2.75, 3.05) is 47.5 Å². The largest absolute Gasteiger partial charge is 0.504 e. The number of carbonyl (C=O) groups is 1. The Labute approximate surface area is 209 Å². The minimum Gasteiger partial charge on any atom is -0.504 e. The Balaban J connectivity index is 1.59. The molecule has 7 nitrogen and oxygen atoms in total. The van der Waals surface area contributed by atoms with Gasteiger partial charge in [0.2, 0.25) is 0 Å². The number of piperidine rings is 3. The summed E-state index contributed by atoms with van der Waals surface area (Å²) < 4.78 is 16.5. The minimum absolute atomic E-state index is 0.0686. The lowest BCUT2D eigenvalue weighted by Gasteiger charge is -2.55. The van der Waals surface area contributed by atoms with Gasteiger partial charge in [-0.3, -0.25) is 14.8 Å². The average Bonchev–Trinajstić information content (AvgIpc) is 3.27. The fraction of sp³-hybridized carbons (Fsp3) is 0.643. The van der Waals surface area contributed by atoms with Gasteiger partial charge in [0.25, 0.3) is 0 Å². The summed E-state index contributed by atoms with van der Waals surface area (Å²) in [5.41, 5.74) is 3.94. The Morgan fingerprint density at radius 1 is 1.17 bits per heavy atom. The van der Waals surface area contributed by atoms with E-state index in [0.717, 1.165) is 56.9 Å². The second kappa shape index (κ2) is 9.94. The summed E-state index contributed by atoms with van der Waals surface area (Å²) in [6.07, 6.45) is 8.20. The third-order valence-corrected chi connectivity index (χ3v) is 8.82. The molecule has 0 unspecified atom stereocenters. The van der Waals surface area contributed by atoms with Gasteiger partial charge >= 0.3 is 5.97 Å². The molecule has 0 spiro atoms. The van der Waals surface area contributed by atoms with E-state index in [2.05, 4.69) is 28.9 Å². The number of fused-ring (bicyclic) bond motifs is 5. The molecule has 0 aliphatic carbocycles. The van der Waals surface area contributed by atoms with E-state index in [1.54, 1.807) is 20.5 Å². The monoisotopic (exact) mass is 481 g/mol. The SMILES string of the molecule is CC[C@@H]1CN2CC[C@@]3(N4CCCCC4)C(=Nc4cccc(OC)c43)[C@@H]2C[C@@H]1/C(=C\OC)C(=O)OC. The second-order valence-corrected chi connectivity index (χ2v) is 10.3. The summed E-state index contributed by atoms with van der Waals surface area (Å²) in [7, 11) is 4.83. The standard InChI is InChI=1S/C28H39N3O4/c1-5-19-17-30-15-12-28(31-13-7-6-8-14-31)25-22(10-9-11-24(25)34-3)29-26(28)23(30)16-20(19)21(18-33-2)27(32)35-4/h9-11,18-20,23H,5-8,12-17H2,1-4H3/b21-18+/t19-,20+,23+,28+/m1/s1. The number of hydrogen-bond acceptors (Lipinski definition) is 7. The van der Waals surface area contributed by atoms with Crippen LogP contribution >= 0.6 is 0 Å². The summed E-state index contributed by atoms with van der Waals surface area (Å²) in [6.45, 7) is 6.35. The van der Waals surface area contributed by atoms with E-state index in [0.29, 0.717) is 11.5 Å². The zero-order valence-corrected chi connectivity index (χ0v) is 21.6. The first-order valence-electron chi connectivity index (χ1n) is 13.2. The van der Waals surface area contributed by atoms with Crippen molar-refractivity contribution in [1.29, 1.82) is 0 Å². The third-order valence-electron chi connectivity index (χ3n) is 8.82. The summed E-state index contributed by atoms with van der Waals surface area (Å²) in [5.74, 6) is 1.08. The number of aliphatic imine (C=N–C) groups is 1. The molecule has 4 atom stereocenters. The molecule has 5 rings (SSSR count). The maximum Gasteiger partial charge on any atom is 0.337 e. The molecule has 0 saturated carbocycles. The van der Waals surface area contributed by atoms with Gasteiger partial charge in [-0.1, -0.05) is 25.8 Å². The predicted octanol–water partition coefficient (Wildman–Crippen LogP) is 4.29. The van der Waals surface area contributed by atoms with Gasteiger partial charge in [0.05, 0.1) is 56.1 Å². The first-order chi connectivity index (χ1) is 17.1. The van der Waals surface area contributed by atoms with Crippen LogP contribution in [-0.4, -0.2) is 75.0 Å². The van der Waals surface area contributed by atoms with Gasteiger partial charge in [0, 0.05) is 18.7 Å². The van der Waals surface area contributed by atoms with Crippen LogP contribution in [0, 0.1) is 11.8 Å². The third kappa shape index (κ3) is 3.87. The molecule has 0 bridgehead atoms. The summed E-state index contributed by atoms with van der Waals surface area (Å²) in [6, 6.07) is 6.44. The quantitative estimate of drug-likeness (QED) is 0.343. The first kappa shape index (κ1) is 24.3. The Bertz CT molecular complexity index is 1020. The fourth-order valence-corrected chi connectivity index (χ4v) is 7.21. The molecule has 0 aromatic heterocycles. The van der Waals surface area contributed by atoms with E-state index >= 15 is 0 Å². The van der Waals surface area contributed by atoms with E-state index in [-0.39, 0.29) is 23.5 Å². The average molecular weight is 482 g/mol. The number of ether oxygens (including phenoxy) is 3. The number of rotatable bonds is 6. The molecule has 0 radical (unpaired) electrons. The topological polar surface area (TPSA) is 63.6 Å². The Morgan fingerprint density at radius 3 is 2.66 bits per heavy atom. The molecule has 0 N–H and O–H groups in total.